The molecule has 0 spiro atoms. The van der Waals surface area contributed by atoms with Crippen molar-refractivity contribution in [3.05, 3.63) is 35.0 Å². The SMILES string of the molecule is CCn1cc(CCCO)c2cc(C)cc(C(=O)O)c21. The first-order valence-electron chi connectivity index (χ1n) is 6.55. The summed E-state index contributed by atoms with van der Waals surface area (Å²) in [6.07, 6.45) is 3.47. The molecule has 1 aromatic heterocycles. The Morgan fingerprint density at radius 2 is 2.11 bits per heavy atom. The van der Waals surface area contributed by atoms with Gasteiger partial charge in [0.1, 0.15) is 0 Å². The van der Waals surface area contributed by atoms with E-state index in [0.717, 1.165) is 35.0 Å². The molecule has 0 radical (unpaired) electrons. The molecule has 1 heterocycles. The van der Waals surface area contributed by atoms with E-state index < -0.39 is 5.97 Å². The molecular formula is C15H19NO3. The fourth-order valence-electron chi connectivity index (χ4n) is 2.54. The monoisotopic (exact) mass is 261 g/mol. The highest BCUT2D eigenvalue weighted by atomic mass is 16.4. The second kappa shape index (κ2) is 5.45. The van der Waals surface area contributed by atoms with Crippen LogP contribution in [0.5, 0.6) is 0 Å². The number of carboxylic acids is 1. The first kappa shape index (κ1) is 13.6. The van der Waals surface area contributed by atoms with Crippen molar-refractivity contribution < 1.29 is 15.0 Å². The zero-order chi connectivity index (χ0) is 14.0. The summed E-state index contributed by atoms with van der Waals surface area (Å²) in [7, 11) is 0. The van der Waals surface area contributed by atoms with Crippen molar-refractivity contribution >= 4 is 16.9 Å². The summed E-state index contributed by atoms with van der Waals surface area (Å²) in [4.78, 5) is 11.4. The number of aliphatic hydroxyl groups is 1. The molecule has 0 unspecified atom stereocenters. The molecule has 2 aromatic rings. The van der Waals surface area contributed by atoms with Gasteiger partial charge >= 0.3 is 5.97 Å². The number of aromatic nitrogens is 1. The van der Waals surface area contributed by atoms with Crippen LogP contribution in [0.15, 0.2) is 18.3 Å². The number of nitrogens with zero attached hydrogens (tertiary/aromatic N) is 1. The van der Waals surface area contributed by atoms with Crippen molar-refractivity contribution in [3.63, 3.8) is 0 Å². The maximum Gasteiger partial charge on any atom is 0.337 e. The van der Waals surface area contributed by atoms with Crippen LogP contribution in [0, 0.1) is 6.92 Å². The van der Waals surface area contributed by atoms with Gasteiger partial charge in [-0.25, -0.2) is 4.79 Å². The molecule has 2 N–H and O–H groups in total. The Morgan fingerprint density at radius 3 is 2.68 bits per heavy atom. The van der Waals surface area contributed by atoms with Crippen LogP contribution in [-0.4, -0.2) is 27.4 Å². The molecule has 4 nitrogen and oxygen atoms in total. The summed E-state index contributed by atoms with van der Waals surface area (Å²) in [6.45, 7) is 4.79. The van der Waals surface area contributed by atoms with Gasteiger partial charge in [0.05, 0.1) is 11.1 Å². The molecule has 102 valence electrons. The van der Waals surface area contributed by atoms with Gasteiger partial charge in [0.15, 0.2) is 0 Å². The average Bonchev–Trinajstić information content (AvgIpc) is 2.73. The van der Waals surface area contributed by atoms with Gasteiger partial charge in [-0.05, 0) is 49.9 Å². The van der Waals surface area contributed by atoms with E-state index in [1.165, 1.54) is 0 Å². The third-order valence-electron chi connectivity index (χ3n) is 3.37. The van der Waals surface area contributed by atoms with E-state index in [4.69, 9.17) is 5.11 Å². The van der Waals surface area contributed by atoms with E-state index in [1.807, 2.05) is 30.7 Å². The van der Waals surface area contributed by atoms with Gasteiger partial charge in [0.2, 0.25) is 0 Å². The molecule has 0 bridgehead atoms. The van der Waals surface area contributed by atoms with Crippen molar-refractivity contribution in [1.82, 2.24) is 4.57 Å². The lowest BCUT2D eigenvalue weighted by Gasteiger charge is -2.06. The molecule has 19 heavy (non-hydrogen) atoms. The number of benzene rings is 1. The van der Waals surface area contributed by atoms with Gasteiger partial charge in [-0.15, -0.1) is 0 Å². The number of aromatic carboxylic acids is 1. The predicted octanol–water partition coefficient (Wildman–Crippen LogP) is 2.59. The molecule has 0 saturated heterocycles. The average molecular weight is 261 g/mol. The minimum absolute atomic E-state index is 0.149. The fourth-order valence-corrected chi connectivity index (χ4v) is 2.54. The summed E-state index contributed by atoms with van der Waals surface area (Å²) in [5.41, 5.74) is 3.20. The molecule has 1 aromatic carbocycles. The zero-order valence-electron chi connectivity index (χ0n) is 11.3. The number of hydrogen-bond acceptors (Lipinski definition) is 2. The van der Waals surface area contributed by atoms with Crippen molar-refractivity contribution in [1.29, 1.82) is 0 Å². The highest BCUT2D eigenvalue weighted by Gasteiger charge is 2.16. The molecule has 0 aliphatic heterocycles. The number of carboxylic acid groups (broad SMARTS) is 1. The molecule has 0 aliphatic rings. The summed E-state index contributed by atoms with van der Waals surface area (Å²) >= 11 is 0. The first-order valence-corrected chi connectivity index (χ1v) is 6.55. The third-order valence-corrected chi connectivity index (χ3v) is 3.37. The van der Waals surface area contributed by atoms with E-state index in [0.29, 0.717) is 12.0 Å². The molecule has 0 fully saturated rings. The number of carbonyl (C=O) groups is 1. The number of rotatable bonds is 5. The number of hydrogen-bond donors (Lipinski definition) is 2. The van der Waals surface area contributed by atoms with Gasteiger partial charge < -0.3 is 14.8 Å². The first-order chi connectivity index (χ1) is 9.08. The number of fused-ring (bicyclic) bond motifs is 1. The van der Waals surface area contributed by atoms with Crippen molar-refractivity contribution in [3.8, 4) is 0 Å². The molecule has 2 rings (SSSR count). The Labute approximate surface area is 112 Å². The lowest BCUT2D eigenvalue weighted by molar-refractivity contribution is 0.0698. The second-order valence-electron chi connectivity index (χ2n) is 4.78. The zero-order valence-corrected chi connectivity index (χ0v) is 11.3. The van der Waals surface area contributed by atoms with Crippen LogP contribution < -0.4 is 0 Å². The summed E-state index contributed by atoms with van der Waals surface area (Å²) in [5.74, 6) is -0.893. The van der Waals surface area contributed by atoms with E-state index in [2.05, 4.69) is 0 Å². The minimum atomic E-state index is -0.893. The summed E-state index contributed by atoms with van der Waals surface area (Å²) in [5, 5.41) is 19.3. The van der Waals surface area contributed by atoms with Crippen LogP contribution in [0.25, 0.3) is 10.9 Å². The van der Waals surface area contributed by atoms with Crippen LogP contribution >= 0.6 is 0 Å². The fraction of sp³-hybridized carbons (Fsp3) is 0.400. The third kappa shape index (κ3) is 2.49. The number of aliphatic hydroxyl groups excluding tert-OH is 1. The van der Waals surface area contributed by atoms with Crippen molar-refractivity contribution in [2.45, 2.75) is 33.2 Å². The molecule has 0 aliphatic carbocycles. The van der Waals surface area contributed by atoms with Crippen LogP contribution in [0.2, 0.25) is 0 Å². The molecule has 0 saturated carbocycles. The Balaban J connectivity index is 2.70. The lowest BCUT2D eigenvalue weighted by atomic mass is 10.0. The number of aryl methyl sites for hydroxylation is 3. The second-order valence-corrected chi connectivity index (χ2v) is 4.78. The van der Waals surface area contributed by atoms with Crippen molar-refractivity contribution in [2.24, 2.45) is 0 Å². The summed E-state index contributed by atoms with van der Waals surface area (Å²) in [6, 6.07) is 3.74. The molecule has 0 amide bonds. The topological polar surface area (TPSA) is 62.5 Å². The van der Waals surface area contributed by atoms with E-state index in [-0.39, 0.29) is 6.61 Å². The molecule has 0 atom stereocenters. The van der Waals surface area contributed by atoms with Gasteiger partial charge in [0.25, 0.3) is 0 Å². The van der Waals surface area contributed by atoms with Crippen LogP contribution in [-0.2, 0) is 13.0 Å². The maximum absolute atomic E-state index is 11.4. The highest BCUT2D eigenvalue weighted by Crippen LogP contribution is 2.27. The van der Waals surface area contributed by atoms with Gasteiger partial charge in [-0.3, -0.25) is 0 Å². The quantitative estimate of drug-likeness (QED) is 0.869. The Hall–Kier alpha value is -1.81. The van der Waals surface area contributed by atoms with E-state index in [1.54, 1.807) is 6.07 Å². The largest absolute Gasteiger partial charge is 0.478 e. The normalized spacial score (nSPS) is 11.1. The minimum Gasteiger partial charge on any atom is -0.478 e. The molecule has 4 heteroatoms. The lowest BCUT2D eigenvalue weighted by Crippen LogP contribution is -2.02. The Kier molecular flexibility index (Phi) is 3.90. The predicted molar refractivity (Wildman–Crippen MR) is 74.7 cm³/mol. The van der Waals surface area contributed by atoms with E-state index in [9.17, 15) is 9.90 Å². The highest BCUT2D eigenvalue weighted by molar-refractivity contribution is 6.03. The van der Waals surface area contributed by atoms with Gasteiger partial charge in [0, 0.05) is 24.7 Å². The van der Waals surface area contributed by atoms with Gasteiger partial charge in [-0.2, -0.15) is 0 Å². The Morgan fingerprint density at radius 1 is 1.37 bits per heavy atom. The van der Waals surface area contributed by atoms with Crippen LogP contribution in [0.3, 0.4) is 0 Å². The molecular weight excluding hydrogens is 242 g/mol. The standard InChI is InChI=1S/C15H19NO3/c1-3-16-9-11(5-4-6-17)12-7-10(2)8-13(14(12)16)15(18)19/h7-9,17H,3-6H2,1-2H3,(H,18,19). The van der Waals surface area contributed by atoms with Crippen molar-refractivity contribution in [2.75, 3.05) is 6.61 Å². The van der Waals surface area contributed by atoms with E-state index >= 15 is 0 Å². The van der Waals surface area contributed by atoms with Crippen LogP contribution in [0.1, 0.15) is 34.8 Å². The maximum atomic E-state index is 11.4. The Bertz CT molecular complexity index is 613. The van der Waals surface area contributed by atoms with Gasteiger partial charge in [-0.1, -0.05) is 0 Å². The van der Waals surface area contributed by atoms with Crippen LogP contribution in [0.4, 0.5) is 0 Å². The smallest absolute Gasteiger partial charge is 0.337 e. The summed E-state index contributed by atoms with van der Waals surface area (Å²) < 4.78 is 1.98.